The quantitative estimate of drug-likeness (QED) is 0.912. The Kier molecular flexibility index (Phi) is 4.05. The maximum atomic E-state index is 11.2. The van der Waals surface area contributed by atoms with E-state index in [-0.39, 0.29) is 13.2 Å². The minimum Gasteiger partial charge on any atom is -0.479 e. The molecule has 1 saturated heterocycles. The standard InChI is InChI=1S/C13H11Cl2N3O4/c14-8-1-2-9(10(15)3-8)13(5-18-7-16-6-17-18)21-4-11(22-13)12(19)20/h1-3,6-7,11H,4-5H2,(H,19,20). The molecule has 1 aliphatic heterocycles. The van der Waals surface area contributed by atoms with Gasteiger partial charge >= 0.3 is 5.97 Å². The van der Waals surface area contributed by atoms with Crippen molar-refractivity contribution in [2.75, 3.05) is 6.61 Å². The van der Waals surface area contributed by atoms with Gasteiger partial charge in [0.25, 0.3) is 0 Å². The Labute approximate surface area is 135 Å². The van der Waals surface area contributed by atoms with Crippen LogP contribution >= 0.6 is 23.2 Å². The Hall–Kier alpha value is -1.67. The molecule has 2 atom stereocenters. The summed E-state index contributed by atoms with van der Waals surface area (Å²) in [4.78, 5) is 15.0. The minimum absolute atomic E-state index is 0.0943. The van der Waals surface area contributed by atoms with Crippen LogP contribution in [0, 0.1) is 0 Å². The molecule has 0 aliphatic carbocycles. The molecule has 9 heteroatoms. The molecular formula is C13H11Cl2N3O4. The molecule has 0 amide bonds. The fraction of sp³-hybridized carbons (Fsp3) is 0.308. The molecule has 0 saturated carbocycles. The molecule has 1 aromatic carbocycles. The topological polar surface area (TPSA) is 86.5 Å². The third-order valence-corrected chi connectivity index (χ3v) is 3.80. The first kappa shape index (κ1) is 15.2. The SMILES string of the molecule is O=C(O)C1COC(Cn2cncn2)(c2ccc(Cl)cc2Cl)O1. The van der Waals surface area contributed by atoms with E-state index in [0.717, 1.165) is 0 Å². The van der Waals surface area contributed by atoms with Crippen LogP contribution in [0.15, 0.2) is 30.9 Å². The van der Waals surface area contributed by atoms with Crippen molar-refractivity contribution in [3.63, 3.8) is 0 Å². The Morgan fingerprint density at radius 3 is 2.91 bits per heavy atom. The highest BCUT2D eigenvalue weighted by Gasteiger charge is 2.47. The zero-order chi connectivity index (χ0) is 15.7. The molecular weight excluding hydrogens is 333 g/mol. The molecule has 0 spiro atoms. The van der Waals surface area contributed by atoms with Crippen molar-refractivity contribution in [1.82, 2.24) is 14.8 Å². The number of hydrogen-bond acceptors (Lipinski definition) is 5. The molecule has 7 nitrogen and oxygen atoms in total. The third kappa shape index (κ3) is 2.80. The summed E-state index contributed by atoms with van der Waals surface area (Å²) in [5.41, 5.74) is 0.484. The number of carboxylic acids is 1. The number of rotatable bonds is 4. The van der Waals surface area contributed by atoms with E-state index >= 15 is 0 Å². The van der Waals surface area contributed by atoms with Gasteiger partial charge in [-0.2, -0.15) is 5.10 Å². The number of carboxylic acid groups (broad SMARTS) is 1. The van der Waals surface area contributed by atoms with Gasteiger partial charge in [-0.1, -0.05) is 29.3 Å². The van der Waals surface area contributed by atoms with Crippen LogP contribution in [-0.2, 0) is 26.6 Å². The maximum Gasteiger partial charge on any atom is 0.335 e. The summed E-state index contributed by atoms with van der Waals surface area (Å²) in [7, 11) is 0. The van der Waals surface area contributed by atoms with Gasteiger partial charge in [-0.15, -0.1) is 0 Å². The second-order valence-electron chi connectivity index (χ2n) is 4.73. The van der Waals surface area contributed by atoms with Gasteiger partial charge in [0.1, 0.15) is 19.2 Å². The highest BCUT2D eigenvalue weighted by Crippen LogP contribution is 2.40. The van der Waals surface area contributed by atoms with E-state index in [1.165, 1.54) is 17.3 Å². The highest BCUT2D eigenvalue weighted by atomic mass is 35.5. The number of nitrogens with zero attached hydrogens (tertiary/aromatic N) is 3. The van der Waals surface area contributed by atoms with Gasteiger partial charge in [-0.25, -0.2) is 14.5 Å². The molecule has 1 aromatic heterocycles. The number of carbonyl (C=O) groups is 1. The fourth-order valence-corrected chi connectivity index (χ4v) is 2.82. The Balaban J connectivity index is 2.01. The van der Waals surface area contributed by atoms with Crippen molar-refractivity contribution in [3.05, 3.63) is 46.5 Å². The smallest absolute Gasteiger partial charge is 0.335 e. The summed E-state index contributed by atoms with van der Waals surface area (Å²) >= 11 is 12.1. The first-order chi connectivity index (χ1) is 10.5. The third-order valence-electron chi connectivity index (χ3n) is 3.25. The number of benzene rings is 1. The maximum absolute atomic E-state index is 11.2. The molecule has 116 valence electrons. The largest absolute Gasteiger partial charge is 0.479 e. The summed E-state index contributed by atoms with van der Waals surface area (Å²) in [5.74, 6) is -2.47. The lowest BCUT2D eigenvalue weighted by Gasteiger charge is -2.28. The van der Waals surface area contributed by atoms with E-state index in [1.807, 2.05) is 0 Å². The van der Waals surface area contributed by atoms with Crippen LogP contribution in [0.1, 0.15) is 5.56 Å². The number of aromatic nitrogens is 3. The summed E-state index contributed by atoms with van der Waals surface area (Å²) in [6.45, 7) is 0.0150. The second kappa shape index (κ2) is 5.85. The van der Waals surface area contributed by atoms with Crippen LogP contribution in [0.2, 0.25) is 10.0 Å². The molecule has 0 radical (unpaired) electrons. The Bertz CT molecular complexity index is 695. The Morgan fingerprint density at radius 2 is 2.32 bits per heavy atom. The molecule has 2 unspecified atom stereocenters. The van der Waals surface area contributed by atoms with Crippen molar-refractivity contribution in [1.29, 1.82) is 0 Å². The molecule has 0 bridgehead atoms. The predicted octanol–water partition coefficient (Wildman–Crippen LogP) is 1.94. The lowest BCUT2D eigenvalue weighted by atomic mass is 10.1. The number of hydrogen-bond donors (Lipinski definition) is 1. The molecule has 3 rings (SSSR count). The highest BCUT2D eigenvalue weighted by molar-refractivity contribution is 6.35. The van der Waals surface area contributed by atoms with E-state index in [9.17, 15) is 4.79 Å². The van der Waals surface area contributed by atoms with Gasteiger partial charge in [-0.3, -0.25) is 0 Å². The van der Waals surface area contributed by atoms with Gasteiger partial charge in [0.2, 0.25) is 5.79 Å². The normalized spacial score (nSPS) is 24.5. The minimum atomic E-state index is -1.36. The zero-order valence-corrected chi connectivity index (χ0v) is 12.7. The van der Waals surface area contributed by atoms with Gasteiger partial charge in [0.05, 0.1) is 11.6 Å². The first-order valence-corrected chi connectivity index (χ1v) is 7.08. The van der Waals surface area contributed by atoms with Crippen LogP contribution in [0.25, 0.3) is 0 Å². The van der Waals surface area contributed by atoms with Crippen molar-refractivity contribution in [3.8, 4) is 0 Å². The summed E-state index contributed by atoms with van der Waals surface area (Å²) in [6, 6.07) is 4.82. The van der Waals surface area contributed by atoms with Crippen LogP contribution in [0.5, 0.6) is 0 Å². The second-order valence-corrected chi connectivity index (χ2v) is 5.57. The van der Waals surface area contributed by atoms with Gasteiger partial charge in [0.15, 0.2) is 6.10 Å². The van der Waals surface area contributed by atoms with Gasteiger partial charge < -0.3 is 14.6 Å². The lowest BCUT2D eigenvalue weighted by Crippen LogP contribution is -2.35. The zero-order valence-electron chi connectivity index (χ0n) is 11.1. The van der Waals surface area contributed by atoms with Crippen molar-refractivity contribution < 1.29 is 19.4 Å². The van der Waals surface area contributed by atoms with Gasteiger partial charge in [-0.05, 0) is 12.1 Å². The summed E-state index contributed by atoms with van der Waals surface area (Å²) < 4.78 is 12.8. The first-order valence-electron chi connectivity index (χ1n) is 6.33. The number of ether oxygens (including phenoxy) is 2. The molecule has 22 heavy (non-hydrogen) atoms. The molecule has 1 aliphatic rings. The Morgan fingerprint density at radius 1 is 1.50 bits per heavy atom. The molecule has 1 fully saturated rings. The van der Waals surface area contributed by atoms with Crippen molar-refractivity contribution in [2.24, 2.45) is 0 Å². The molecule has 2 aromatic rings. The van der Waals surface area contributed by atoms with E-state index in [0.29, 0.717) is 15.6 Å². The van der Waals surface area contributed by atoms with E-state index in [1.54, 1.807) is 18.2 Å². The van der Waals surface area contributed by atoms with Crippen molar-refractivity contribution >= 4 is 29.2 Å². The summed E-state index contributed by atoms with van der Waals surface area (Å²) in [5, 5.41) is 13.9. The average Bonchev–Trinajstić information content (AvgIpc) is 3.09. The fourth-order valence-electron chi connectivity index (χ4n) is 2.27. The van der Waals surface area contributed by atoms with E-state index < -0.39 is 17.9 Å². The number of aliphatic carboxylic acids is 1. The average molecular weight is 344 g/mol. The van der Waals surface area contributed by atoms with Crippen LogP contribution in [0.4, 0.5) is 0 Å². The number of halogens is 2. The van der Waals surface area contributed by atoms with Crippen LogP contribution in [-0.4, -0.2) is 38.6 Å². The molecule has 1 N–H and O–H groups in total. The predicted molar refractivity (Wildman–Crippen MR) is 76.6 cm³/mol. The molecule has 2 heterocycles. The van der Waals surface area contributed by atoms with Crippen LogP contribution < -0.4 is 0 Å². The van der Waals surface area contributed by atoms with E-state index in [2.05, 4.69) is 10.1 Å². The van der Waals surface area contributed by atoms with Gasteiger partial charge in [0, 0.05) is 10.6 Å². The van der Waals surface area contributed by atoms with Crippen molar-refractivity contribution in [2.45, 2.75) is 18.4 Å². The summed E-state index contributed by atoms with van der Waals surface area (Å²) in [6.07, 6.45) is 1.75. The van der Waals surface area contributed by atoms with E-state index in [4.69, 9.17) is 37.8 Å². The van der Waals surface area contributed by atoms with Crippen LogP contribution in [0.3, 0.4) is 0 Å². The monoisotopic (exact) mass is 343 g/mol. The lowest BCUT2D eigenvalue weighted by molar-refractivity contribution is -0.195.